The van der Waals surface area contributed by atoms with E-state index in [2.05, 4.69) is 0 Å². The van der Waals surface area contributed by atoms with Gasteiger partial charge >= 0.3 is 0 Å². The predicted molar refractivity (Wildman–Crippen MR) is 93.7 cm³/mol. The van der Waals surface area contributed by atoms with Crippen molar-refractivity contribution in [3.05, 3.63) is 23.2 Å². The molecule has 1 amide bonds. The topological polar surface area (TPSA) is 51.9 Å². The lowest BCUT2D eigenvalue weighted by molar-refractivity contribution is -0.147. The van der Waals surface area contributed by atoms with Crippen LogP contribution in [-0.2, 0) is 9.47 Å². The van der Waals surface area contributed by atoms with Crippen LogP contribution in [0.1, 0.15) is 54.0 Å². The van der Waals surface area contributed by atoms with Crippen molar-refractivity contribution < 1.29 is 18.7 Å². The highest BCUT2D eigenvalue weighted by molar-refractivity contribution is 5.95. The molecular weight excluding hydrogens is 318 g/mol. The molecule has 0 unspecified atom stereocenters. The number of carbonyl (C=O) groups excluding carboxylic acids is 1. The van der Waals surface area contributed by atoms with E-state index in [1.807, 2.05) is 24.8 Å². The van der Waals surface area contributed by atoms with Crippen LogP contribution < -0.4 is 0 Å². The van der Waals surface area contributed by atoms with Gasteiger partial charge in [-0.1, -0.05) is 0 Å². The number of ether oxygens (including phenoxy) is 2. The number of fused-ring (bicyclic) bond motifs is 1. The summed E-state index contributed by atoms with van der Waals surface area (Å²) in [6, 6.07) is 1.86. The van der Waals surface area contributed by atoms with Gasteiger partial charge in [0.25, 0.3) is 5.91 Å². The standard InChI is InChI=1S/C20H29NO4/c1-14-10-17(15(2)25-14)19(22)21-8-6-18-20(12-21,7-3-9-24-18)13-23-11-16-4-5-16/h10,16,18H,3-9,11-13H2,1-2H3/t18-,20-/m0/s1. The molecule has 0 aromatic carbocycles. The van der Waals surface area contributed by atoms with E-state index < -0.39 is 0 Å². The van der Waals surface area contributed by atoms with Crippen molar-refractivity contribution in [1.82, 2.24) is 4.90 Å². The summed E-state index contributed by atoms with van der Waals surface area (Å²) in [6.07, 6.45) is 5.85. The summed E-state index contributed by atoms with van der Waals surface area (Å²) in [7, 11) is 0. The van der Waals surface area contributed by atoms with Crippen LogP contribution in [0.15, 0.2) is 10.5 Å². The molecule has 1 saturated carbocycles. The minimum atomic E-state index is -0.0479. The molecule has 1 aromatic heterocycles. The Morgan fingerprint density at radius 1 is 1.36 bits per heavy atom. The highest BCUT2D eigenvalue weighted by atomic mass is 16.5. The molecule has 3 aliphatic rings. The zero-order valence-electron chi connectivity index (χ0n) is 15.4. The molecule has 2 atom stereocenters. The summed E-state index contributed by atoms with van der Waals surface area (Å²) in [6.45, 7) is 7.64. The lowest BCUT2D eigenvalue weighted by atomic mass is 9.73. The molecule has 0 N–H and O–H groups in total. The molecular formula is C20H29NO4. The fraction of sp³-hybridized carbons (Fsp3) is 0.750. The van der Waals surface area contributed by atoms with E-state index in [9.17, 15) is 4.79 Å². The first kappa shape index (κ1) is 17.1. The van der Waals surface area contributed by atoms with Crippen molar-refractivity contribution in [3.63, 3.8) is 0 Å². The van der Waals surface area contributed by atoms with E-state index in [0.29, 0.717) is 17.9 Å². The third kappa shape index (κ3) is 3.49. The summed E-state index contributed by atoms with van der Waals surface area (Å²) in [5.41, 5.74) is 0.648. The average molecular weight is 347 g/mol. The predicted octanol–water partition coefficient (Wildman–Crippen LogP) is 3.33. The van der Waals surface area contributed by atoms with Crippen molar-refractivity contribution in [3.8, 4) is 0 Å². The maximum absolute atomic E-state index is 13.0. The fourth-order valence-electron chi connectivity index (χ4n) is 4.40. The Kier molecular flexibility index (Phi) is 4.63. The van der Waals surface area contributed by atoms with Gasteiger partial charge in [0.15, 0.2) is 0 Å². The molecule has 138 valence electrons. The number of hydrogen-bond acceptors (Lipinski definition) is 4. The summed E-state index contributed by atoms with van der Waals surface area (Å²) in [4.78, 5) is 15.0. The lowest BCUT2D eigenvalue weighted by Crippen LogP contribution is -2.58. The van der Waals surface area contributed by atoms with Crippen LogP contribution in [0, 0.1) is 25.2 Å². The Bertz CT molecular complexity index is 636. The second-order valence-corrected chi connectivity index (χ2v) is 8.13. The number of furan rings is 1. The average Bonchev–Trinajstić information content (AvgIpc) is 3.36. The number of hydrogen-bond donors (Lipinski definition) is 0. The van der Waals surface area contributed by atoms with Gasteiger partial charge in [0, 0.05) is 31.7 Å². The molecule has 5 nitrogen and oxygen atoms in total. The Morgan fingerprint density at radius 3 is 2.92 bits per heavy atom. The van der Waals surface area contributed by atoms with E-state index in [4.69, 9.17) is 13.9 Å². The van der Waals surface area contributed by atoms with Crippen molar-refractivity contribution in [2.75, 3.05) is 32.9 Å². The van der Waals surface area contributed by atoms with E-state index >= 15 is 0 Å². The van der Waals surface area contributed by atoms with E-state index in [1.165, 1.54) is 12.8 Å². The van der Waals surface area contributed by atoms with Crippen LogP contribution in [0.2, 0.25) is 0 Å². The number of amides is 1. The van der Waals surface area contributed by atoms with Gasteiger partial charge < -0.3 is 18.8 Å². The third-order valence-corrected chi connectivity index (χ3v) is 5.99. The molecule has 0 bridgehead atoms. The highest BCUT2D eigenvalue weighted by Crippen LogP contribution is 2.41. The van der Waals surface area contributed by atoms with Gasteiger partial charge in [-0.3, -0.25) is 4.79 Å². The maximum atomic E-state index is 13.0. The molecule has 1 aliphatic carbocycles. The minimum absolute atomic E-state index is 0.0479. The minimum Gasteiger partial charge on any atom is -0.466 e. The van der Waals surface area contributed by atoms with Crippen LogP contribution in [0.25, 0.3) is 0 Å². The van der Waals surface area contributed by atoms with E-state index in [0.717, 1.165) is 57.2 Å². The molecule has 4 rings (SSSR count). The third-order valence-electron chi connectivity index (χ3n) is 5.99. The number of aryl methyl sites for hydroxylation is 2. The van der Waals surface area contributed by atoms with Crippen LogP contribution >= 0.6 is 0 Å². The van der Waals surface area contributed by atoms with Crippen molar-refractivity contribution in [2.24, 2.45) is 11.3 Å². The Labute approximate surface area is 149 Å². The molecule has 5 heteroatoms. The number of piperidine rings is 1. The Balaban J connectivity index is 1.48. The van der Waals surface area contributed by atoms with Gasteiger partial charge in [0.05, 0.1) is 18.3 Å². The molecule has 3 fully saturated rings. The summed E-state index contributed by atoms with van der Waals surface area (Å²) >= 11 is 0. The van der Waals surface area contributed by atoms with Gasteiger partial charge in [-0.2, -0.15) is 0 Å². The summed E-state index contributed by atoms with van der Waals surface area (Å²) < 4.78 is 17.7. The fourth-order valence-corrected chi connectivity index (χ4v) is 4.40. The summed E-state index contributed by atoms with van der Waals surface area (Å²) in [5, 5.41) is 0. The van der Waals surface area contributed by atoms with Crippen molar-refractivity contribution in [1.29, 1.82) is 0 Å². The van der Waals surface area contributed by atoms with Crippen LogP contribution in [0.3, 0.4) is 0 Å². The molecule has 25 heavy (non-hydrogen) atoms. The first-order valence-corrected chi connectivity index (χ1v) is 9.63. The second-order valence-electron chi connectivity index (χ2n) is 8.13. The smallest absolute Gasteiger partial charge is 0.257 e. The van der Waals surface area contributed by atoms with Crippen molar-refractivity contribution in [2.45, 2.75) is 52.1 Å². The number of nitrogens with zero attached hydrogens (tertiary/aromatic N) is 1. The van der Waals surface area contributed by atoms with Gasteiger partial charge in [-0.15, -0.1) is 0 Å². The monoisotopic (exact) mass is 347 g/mol. The lowest BCUT2D eigenvalue weighted by Gasteiger charge is -2.50. The maximum Gasteiger partial charge on any atom is 0.257 e. The van der Waals surface area contributed by atoms with E-state index in [1.54, 1.807) is 0 Å². The van der Waals surface area contributed by atoms with Gasteiger partial charge in [-0.25, -0.2) is 0 Å². The van der Waals surface area contributed by atoms with Crippen molar-refractivity contribution >= 4 is 5.91 Å². The van der Waals surface area contributed by atoms with E-state index in [-0.39, 0.29) is 17.4 Å². The molecule has 1 aromatic rings. The Morgan fingerprint density at radius 2 is 2.20 bits per heavy atom. The molecule has 3 heterocycles. The normalized spacial score (nSPS) is 29.5. The second kappa shape index (κ2) is 6.76. The van der Waals surface area contributed by atoms with Crippen LogP contribution in [0.4, 0.5) is 0 Å². The largest absolute Gasteiger partial charge is 0.466 e. The summed E-state index contributed by atoms with van der Waals surface area (Å²) in [5.74, 6) is 2.35. The van der Waals surface area contributed by atoms with Gasteiger partial charge in [0.1, 0.15) is 11.5 Å². The molecule has 0 spiro atoms. The number of carbonyl (C=O) groups is 1. The zero-order valence-corrected chi connectivity index (χ0v) is 15.4. The quantitative estimate of drug-likeness (QED) is 0.820. The number of rotatable bonds is 5. The molecule has 2 saturated heterocycles. The first-order valence-electron chi connectivity index (χ1n) is 9.63. The first-order chi connectivity index (χ1) is 12.1. The highest BCUT2D eigenvalue weighted by Gasteiger charge is 2.47. The zero-order chi connectivity index (χ0) is 17.4. The Hall–Kier alpha value is -1.33. The van der Waals surface area contributed by atoms with Crippen LogP contribution in [-0.4, -0.2) is 49.8 Å². The molecule has 2 aliphatic heterocycles. The van der Waals surface area contributed by atoms with Gasteiger partial charge in [0.2, 0.25) is 0 Å². The van der Waals surface area contributed by atoms with Crippen LogP contribution in [0.5, 0.6) is 0 Å². The van der Waals surface area contributed by atoms with Gasteiger partial charge in [-0.05, 0) is 57.9 Å². The SMILES string of the molecule is Cc1cc(C(=O)N2CC[C@@H]3OCCC[C@@]3(COCC3CC3)C2)c(C)o1. The molecule has 0 radical (unpaired) electrons. The number of likely N-dealkylation sites (tertiary alicyclic amines) is 1.